The van der Waals surface area contributed by atoms with E-state index in [4.69, 9.17) is 5.41 Å². The highest BCUT2D eigenvalue weighted by atomic mass is 32.2. The molecule has 0 aliphatic rings. The normalized spacial score (nSPS) is 6.25. The van der Waals surface area contributed by atoms with Crippen molar-refractivity contribution in [2.45, 2.75) is 0 Å². The number of hydrogen-bond acceptors (Lipinski definition) is 1. The summed E-state index contributed by atoms with van der Waals surface area (Å²) in [6.45, 7) is 0. The van der Waals surface area contributed by atoms with Crippen LogP contribution in [0.2, 0.25) is 0 Å². The average Bonchev–Trinajstić information content (AvgIpc) is 1.37. The molecule has 0 aromatic rings. The molecule has 1 nitrogen and oxygen atoms in total. The van der Waals surface area contributed by atoms with Crippen molar-refractivity contribution in [2.75, 3.05) is 6.26 Å². The van der Waals surface area contributed by atoms with E-state index >= 15 is 0 Å². The molecule has 0 fully saturated rings. The van der Waals surface area contributed by atoms with Gasteiger partial charge in [0, 0.05) is 0 Å². The van der Waals surface area contributed by atoms with Gasteiger partial charge in [-0.05, 0) is 6.26 Å². The van der Waals surface area contributed by atoms with Crippen LogP contribution in [-0.2, 0) is 0 Å². The van der Waals surface area contributed by atoms with E-state index < -0.39 is 0 Å². The first-order valence-electron chi connectivity index (χ1n) is 0.977. The Kier molecular flexibility index (Phi) is 3.04. The second kappa shape index (κ2) is 3.02. The van der Waals surface area contributed by atoms with E-state index in [1.807, 2.05) is 6.26 Å². The van der Waals surface area contributed by atoms with Gasteiger partial charge in [0.15, 0.2) is 5.55 Å². The maximum Gasteiger partial charge on any atom is 0.194 e. The van der Waals surface area contributed by atoms with Crippen LogP contribution in [0.5, 0.6) is 0 Å². The fraction of sp³-hybridized carbons (Fsp3) is 0.500. The first-order valence-corrected chi connectivity index (χ1v) is 2.27. The van der Waals surface area contributed by atoms with E-state index in [0.717, 1.165) is 0 Å². The van der Waals surface area contributed by atoms with Gasteiger partial charge in [0.25, 0.3) is 0 Å². The van der Waals surface area contributed by atoms with Crippen molar-refractivity contribution < 1.29 is 5.41 Å². The minimum Gasteiger partial charge on any atom is -0.255 e. The van der Waals surface area contributed by atoms with E-state index in [1.165, 1.54) is 11.8 Å². The molecule has 0 bridgehead atoms. The Bertz CT molecular complexity index is 20.0. The Hall–Kier alpha value is 0.0200. The molecular weight excluding hydrogens is 70.1 g/mol. The van der Waals surface area contributed by atoms with Gasteiger partial charge in [-0.3, -0.25) is 5.41 Å². The van der Waals surface area contributed by atoms with Crippen molar-refractivity contribution in [3.63, 3.8) is 0 Å². The average molecular weight is 76.1 g/mol. The summed E-state index contributed by atoms with van der Waals surface area (Å²) in [6.07, 6.45) is 1.92. The summed E-state index contributed by atoms with van der Waals surface area (Å²) in [5.74, 6) is 0. The quantitative estimate of drug-likeness (QED) is 0.319. The first kappa shape index (κ1) is 4.02. The van der Waals surface area contributed by atoms with Crippen molar-refractivity contribution in [3.8, 4) is 0 Å². The molecule has 0 aromatic heterocycles. The van der Waals surface area contributed by atoms with Crippen molar-refractivity contribution in [1.29, 1.82) is 0 Å². The maximum absolute atomic E-state index is 4.87. The fourth-order valence-electron chi connectivity index (χ4n) is 0. The van der Waals surface area contributed by atoms with Crippen LogP contribution in [0, 0.1) is 0 Å². The molecule has 4 heavy (non-hydrogen) atoms. The van der Waals surface area contributed by atoms with E-state index in [9.17, 15) is 0 Å². The van der Waals surface area contributed by atoms with Gasteiger partial charge in [0.05, 0.1) is 0 Å². The third-order valence-electron chi connectivity index (χ3n) is 0.136. The standard InChI is InChI=1S/C2H5NS/c1-4-2-3/h2-3H,1H3/p+1. The van der Waals surface area contributed by atoms with Crippen molar-refractivity contribution in [2.24, 2.45) is 0 Å². The van der Waals surface area contributed by atoms with Gasteiger partial charge < -0.3 is 0 Å². The minimum atomic E-state index is 1.51. The highest BCUT2D eigenvalue weighted by Crippen LogP contribution is 1.71. The molecule has 0 aromatic carbocycles. The molecule has 0 unspecified atom stereocenters. The van der Waals surface area contributed by atoms with E-state index in [1.54, 1.807) is 5.55 Å². The van der Waals surface area contributed by atoms with Crippen LogP contribution in [0.25, 0.3) is 0 Å². The lowest BCUT2D eigenvalue weighted by atomic mass is 11.7. The zero-order valence-electron chi connectivity index (χ0n) is 2.56. The summed E-state index contributed by atoms with van der Waals surface area (Å²) in [7, 11) is 0. The van der Waals surface area contributed by atoms with Crippen LogP contribution in [0.3, 0.4) is 0 Å². The molecule has 0 amide bonds. The molecule has 0 radical (unpaired) electrons. The Morgan fingerprint density at radius 3 is 2.25 bits per heavy atom. The van der Waals surface area contributed by atoms with Crippen molar-refractivity contribution in [3.05, 3.63) is 0 Å². The smallest absolute Gasteiger partial charge is 0.194 e. The molecule has 0 spiro atoms. The van der Waals surface area contributed by atoms with E-state index in [2.05, 4.69) is 0 Å². The summed E-state index contributed by atoms with van der Waals surface area (Å²) in [4.78, 5) is 0. The topological polar surface area (TPSA) is 25.6 Å². The molecule has 2 N–H and O–H groups in total. The first-order chi connectivity index (χ1) is 1.91. The van der Waals surface area contributed by atoms with E-state index in [-0.39, 0.29) is 0 Å². The van der Waals surface area contributed by atoms with Crippen LogP contribution >= 0.6 is 11.8 Å². The van der Waals surface area contributed by atoms with Gasteiger partial charge in [-0.2, -0.15) is 0 Å². The van der Waals surface area contributed by atoms with Crippen LogP contribution in [0.4, 0.5) is 0 Å². The monoisotopic (exact) mass is 76.0 g/mol. The second-order valence-corrected chi connectivity index (χ2v) is 1.12. The van der Waals surface area contributed by atoms with Crippen LogP contribution in [0.15, 0.2) is 0 Å². The minimum absolute atomic E-state index is 1.51. The summed E-state index contributed by atoms with van der Waals surface area (Å²) >= 11 is 1.51. The van der Waals surface area contributed by atoms with E-state index in [0.29, 0.717) is 0 Å². The molecule has 0 atom stereocenters. The lowest BCUT2D eigenvalue weighted by molar-refractivity contribution is -0.101. The maximum atomic E-state index is 4.87. The Morgan fingerprint density at radius 2 is 2.25 bits per heavy atom. The van der Waals surface area contributed by atoms with Crippen molar-refractivity contribution >= 4 is 17.3 Å². The molecule has 0 heterocycles. The zero-order valence-corrected chi connectivity index (χ0v) is 3.38. The molecule has 0 saturated heterocycles. The molecule has 0 aliphatic carbocycles. The fourth-order valence-corrected chi connectivity index (χ4v) is 0. The van der Waals surface area contributed by atoms with Gasteiger partial charge >= 0.3 is 0 Å². The SMILES string of the molecule is CSC=[NH2+]. The Morgan fingerprint density at radius 1 is 2.00 bits per heavy atom. The lowest BCUT2D eigenvalue weighted by Crippen LogP contribution is -2.27. The van der Waals surface area contributed by atoms with Gasteiger partial charge in [0.2, 0.25) is 0 Å². The Labute approximate surface area is 29.9 Å². The third kappa shape index (κ3) is 2.02. The molecular formula is C2H6NS+. The van der Waals surface area contributed by atoms with Crippen molar-refractivity contribution in [1.82, 2.24) is 0 Å². The summed E-state index contributed by atoms with van der Waals surface area (Å²) < 4.78 is 0. The predicted octanol–water partition coefficient (Wildman–Crippen LogP) is -0.863. The molecule has 0 saturated carbocycles. The molecule has 0 rings (SSSR count). The van der Waals surface area contributed by atoms with Gasteiger partial charge in [0.1, 0.15) is 0 Å². The van der Waals surface area contributed by atoms with Crippen LogP contribution in [0.1, 0.15) is 0 Å². The molecule has 0 aliphatic heterocycles. The second-order valence-electron chi connectivity index (χ2n) is 0.372. The van der Waals surface area contributed by atoms with Gasteiger partial charge in [-0.15, -0.1) is 0 Å². The highest BCUT2D eigenvalue weighted by molar-refractivity contribution is 8.11. The van der Waals surface area contributed by atoms with Crippen LogP contribution in [-0.4, -0.2) is 11.8 Å². The lowest BCUT2D eigenvalue weighted by Gasteiger charge is -1.51. The van der Waals surface area contributed by atoms with Crippen LogP contribution < -0.4 is 5.41 Å². The summed E-state index contributed by atoms with van der Waals surface area (Å²) in [5.41, 5.74) is 1.54. The Balaban J connectivity index is 2.30. The third-order valence-corrected chi connectivity index (χ3v) is 0.408. The predicted molar refractivity (Wildman–Crippen MR) is 21.5 cm³/mol. The summed E-state index contributed by atoms with van der Waals surface area (Å²) in [6, 6.07) is 0. The molecule has 2 heteroatoms. The zero-order chi connectivity index (χ0) is 3.41. The molecule has 24 valence electrons. The number of rotatable bonds is 1. The van der Waals surface area contributed by atoms with Gasteiger partial charge in [-0.25, -0.2) is 0 Å². The largest absolute Gasteiger partial charge is 0.255 e. The summed E-state index contributed by atoms with van der Waals surface area (Å²) in [5, 5.41) is 4.87. The van der Waals surface area contributed by atoms with Gasteiger partial charge in [-0.1, -0.05) is 11.8 Å². The highest BCUT2D eigenvalue weighted by Gasteiger charge is 1.53. The number of hydrogen-bond donors (Lipinski definition) is 1. The number of thioether (sulfide) groups is 1. The number of nitrogens with two attached hydrogens (primary N) is 1.